The predicted molar refractivity (Wildman–Crippen MR) is 46.8 cm³/mol. The molecule has 0 aromatic heterocycles. The maximum atomic E-state index is 5.47. The topological polar surface area (TPSA) is 18.5 Å². The third-order valence-electron chi connectivity index (χ3n) is 2.00. The van der Waals surface area contributed by atoms with E-state index in [0.717, 1.165) is 31.1 Å². The Kier molecular flexibility index (Phi) is 1.90. The SMILES string of the molecule is CCOc1cccc2c1CCO2. The molecule has 0 unspecified atom stereocenters. The van der Waals surface area contributed by atoms with Crippen molar-refractivity contribution in [1.29, 1.82) is 0 Å². The largest absolute Gasteiger partial charge is 0.493 e. The van der Waals surface area contributed by atoms with Gasteiger partial charge in [-0.15, -0.1) is 0 Å². The molecule has 1 aliphatic heterocycles. The first kappa shape index (κ1) is 7.47. The molecule has 2 heteroatoms. The van der Waals surface area contributed by atoms with Crippen LogP contribution in [0.15, 0.2) is 18.2 Å². The molecule has 0 atom stereocenters. The Morgan fingerprint density at radius 3 is 3.25 bits per heavy atom. The lowest BCUT2D eigenvalue weighted by molar-refractivity contribution is 0.337. The molecular formula is C10H12O2. The first-order valence-corrected chi connectivity index (χ1v) is 4.29. The summed E-state index contributed by atoms with van der Waals surface area (Å²) in [6.45, 7) is 3.51. The lowest BCUT2D eigenvalue weighted by Gasteiger charge is -2.06. The van der Waals surface area contributed by atoms with E-state index in [0.29, 0.717) is 0 Å². The summed E-state index contributed by atoms with van der Waals surface area (Å²) < 4.78 is 10.9. The molecule has 0 saturated heterocycles. The molecule has 1 aromatic rings. The first-order valence-electron chi connectivity index (χ1n) is 4.29. The van der Waals surface area contributed by atoms with Crippen LogP contribution in [0.5, 0.6) is 11.5 Å². The van der Waals surface area contributed by atoms with Crippen molar-refractivity contribution >= 4 is 0 Å². The molecule has 0 spiro atoms. The van der Waals surface area contributed by atoms with E-state index in [1.807, 2.05) is 25.1 Å². The fraction of sp³-hybridized carbons (Fsp3) is 0.400. The predicted octanol–water partition coefficient (Wildman–Crippen LogP) is 2.02. The van der Waals surface area contributed by atoms with Gasteiger partial charge in [0.25, 0.3) is 0 Å². The van der Waals surface area contributed by atoms with Gasteiger partial charge in [0.1, 0.15) is 11.5 Å². The molecule has 0 saturated carbocycles. The van der Waals surface area contributed by atoms with Gasteiger partial charge in [-0.25, -0.2) is 0 Å². The molecule has 0 bridgehead atoms. The van der Waals surface area contributed by atoms with Gasteiger partial charge in [0.15, 0.2) is 0 Å². The van der Waals surface area contributed by atoms with E-state index in [2.05, 4.69) is 0 Å². The van der Waals surface area contributed by atoms with Crippen molar-refractivity contribution in [3.63, 3.8) is 0 Å². The summed E-state index contributed by atoms with van der Waals surface area (Å²) in [5.41, 5.74) is 1.22. The Balaban J connectivity index is 2.36. The van der Waals surface area contributed by atoms with Crippen LogP contribution in [0.25, 0.3) is 0 Å². The van der Waals surface area contributed by atoms with Gasteiger partial charge in [-0.1, -0.05) is 6.07 Å². The van der Waals surface area contributed by atoms with Crippen LogP contribution in [0.3, 0.4) is 0 Å². The number of ether oxygens (including phenoxy) is 2. The van der Waals surface area contributed by atoms with Crippen LogP contribution in [0.4, 0.5) is 0 Å². The highest BCUT2D eigenvalue weighted by Crippen LogP contribution is 2.32. The van der Waals surface area contributed by atoms with Gasteiger partial charge in [-0.05, 0) is 19.1 Å². The van der Waals surface area contributed by atoms with E-state index in [1.54, 1.807) is 0 Å². The standard InChI is InChI=1S/C10H12O2/c1-2-11-9-4-3-5-10-8(9)6-7-12-10/h3-5H,2,6-7H2,1H3. The molecule has 2 nitrogen and oxygen atoms in total. The monoisotopic (exact) mass is 164 g/mol. The number of hydrogen-bond acceptors (Lipinski definition) is 2. The van der Waals surface area contributed by atoms with E-state index < -0.39 is 0 Å². The molecule has 0 fully saturated rings. The average Bonchev–Trinajstić information content (AvgIpc) is 2.53. The van der Waals surface area contributed by atoms with Gasteiger partial charge in [0.05, 0.1) is 13.2 Å². The Bertz CT molecular complexity index is 281. The highest BCUT2D eigenvalue weighted by molar-refractivity contribution is 5.46. The molecule has 64 valence electrons. The van der Waals surface area contributed by atoms with Gasteiger partial charge in [-0.2, -0.15) is 0 Å². The third kappa shape index (κ3) is 1.13. The molecule has 1 aromatic carbocycles. The van der Waals surface area contributed by atoms with Crippen molar-refractivity contribution in [3.8, 4) is 11.5 Å². The summed E-state index contributed by atoms with van der Waals surface area (Å²) in [6, 6.07) is 5.96. The lowest BCUT2D eigenvalue weighted by atomic mass is 10.1. The molecule has 12 heavy (non-hydrogen) atoms. The molecule has 1 heterocycles. The van der Waals surface area contributed by atoms with Crippen LogP contribution in [-0.4, -0.2) is 13.2 Å². The second kappa shape index (κ2) is 3.05. The number of hydrogen-bond donors (Lipinski definition) is 0. The summed E-state index contributed by atoms with van der Waals surface area (Å²) >= 11 is 0. The molecule has 0 radical (unpaired) electrons. The van der Waals surface area contributed by atoms with Crippen molar-refractivity contribution in [1.82, 2.24) is 0 Å². The maximum absolute atomic E-state index is 5.47. The van der Waals surface area contributed by atoms with Crippen molar-refractivity contribution in [3.05, 3.63) is 23.8 Å². The van der Waals surface area contributed by atoms with Crippen LogP contribution >= 0.6 is 0 Å². The zero-order valence-electron chi connectivity index (χ0n) is 7.17. The molecule has 0 aliphatic carbocycles. The van der Waals surface area contributed by atoms with Crippen LogP contribution in [-0.2, 0) is 6.42 Å². The zero-order valence-corrected chi connectivity index (χ0v) is 7.17. The van der Waals surface area contributed by atoms with E-state index in [1.165, 1.54) is 5.56 Å². The minimum absolute atomic E-state index is 0.719. The van der Waals surface area contributed by atoms with Crippen LogP contribution < -0.4 is 9.47 Å². The number of fused-ring (bicyclic) bond motifs is 1. The maximum Gasteiger partial charge on any atom is 0.126 e. The zero-order chi connectivity index (χ0) is 8.39. The van der Waals surface area contributed by atoms with Gasteiger partial charge >= 0.3 is 0 Å². The summed E-state index contributed by atoms with van der Waals surface area (Å²) in [6.07, 6.45) is 0.978. The fourth-order valence-corrected chi connectivity index (χ4v) is 1.48. The van der Waals surface area contributed by atoms with Gasteiger partial charge in [0, 0.05) is 12.0 Å². The van der Waals surface area contributed by atoms with E-state index in [9.17, 15) is 0 Å². The Hall–Kier alpha value is -1.18. The number of benzene rings is 1. The van der Waals surface area contributed by atoms with E-state index in [-0.39, 0.29) is 0 Å². The summed E-state index contributed by atoms with van der Waals surface area (Å²) in [4.78, 5) is 0. The van der Waals surface area contributed by atoms with Crippen molar-refractivity contribution < 1.29 is 9.47 Å². The van der Waals surface area contributed by atoms with Crippen molar-refractivity contribution in [2.75, 3.05) is 13.2 Å². The minimum atomic E-state index is 0.719. The molecule has 1 aliphatic rings. The molecule has 0 amide bonds. The summed E-state index contributed by atoms with van der Waals surface area (Å²) in [5.74, 6) is 1.97. The average molecular weight is 164 g/mol. The molecule has 0 N–H and O–H groups in total. The molecule has 2 rings (SSSR count). The summed E-state index contributed by atoms with van der Waals surface area (Å²) in [7, 11) is 0. The Labute approximate surface area is 72.1 Å². The quantitative estimate of drug-likeness (QED) is 0.665. The normalized spacial score (nSPS) is 13.8. The van der Waals surface area contributed by atoms with E-state index in [4.69, 9.17) is 9.47 Å². The van der Waals surface area contributed by atoms with Crippen molar-refractivity contribution in [2.24, 2.45) is 0 Å². The van der Waals surface area contributed by atoms with Gasteiger partial charge < -0.3 is 9.47 Å². The van der Waals surface area contributed by atoms with Crippen LogP contribution in [0.2, 0.25) is 0 Å². The Morgan fingerprint density at radius 2 is 2.42 bits per heavy atom. The van der Waals surface area contributed by atoms with Gasteiger partial charge in [-0.3, -0.25) is 0 Å². The Morgan fingerprint density at radius 1 is 1.50 bits per heavy atom. The fourth-order valence-electron chi connectivity index (χ4n) is 1.48. The van der Waals surface area contributed by atoms with E-state index >= 15 is 0 Å². The minimum Gasteiger partial charge on any atom is -0.493 e. The molecular weight excluding hydrogens is 152 g/mol. The second-order valence-corrected chi connectivity index (χ2v) is 2.76. The van der Waals surface area contributed by atoms with Crippen LogP contribution in [0, 0.1) is 0 Å². The van der Waals surface area contributed by atoms with Crippen molar-refractivity contribution in [2.45, 2.75) is 13.3 Å². The second-order valence-electron chi connectivity index (χ2n) is 2.76. The third-order valence-corrected chi connectivity index (χ3v) is 2.00. The highest BCUT2D eigenvalue weighted by Gasteiger charge is 2.15. The highest BCUT2D eigenvalue weighted by atomic mass is 16.5. The number of rotatable bonds is 2. The van der Waals surface area contributed by atoms with Gasteiger partial charge in [0.2, 0.25) is 0 Å². The smallest absolute Gasteiger partial charge is 0.126 e. The first-order chi connectivity index (χ1) is 5.92. The lowest BCUT2D eigenvalue weighted by Crippen LogP contribution is -1.94. The summed E-state index contributed by atoms with van der Waals surface area (Å²) in [5, 5.41) is 0. The van der Waals surface area contributed by atoms with Crippen LogP contribution in [0.1, 0.15) is 12.5 Å².